The molecule has 4 N–H and O–H groups in total. The Kier molecular flexibility index (Phi) is 16.2. The topological polar surface area (TPSA) is 172 Å². The number of rotatable bonds is 17. The first kappa shape index (κ1) is 34.8. The normalized spacial score (nSPS) is 19.8. The summed E-state index contributed by atoms with van der Waals surface area (Å²) in [7, 11) is 3.14. The summed E-state index contributed by atoms with van der Waals surface area (Å²) in [5, 5.41) is 25.8. The molecule has 2 fully saturated rings. The lowest BCUT2D eigenvalue weighted by Gasteiger charge is -2.16. The van der Waals surface area contributed by atoms with Crippen LogP contribution < -0.4 is 5.32 Å². The largest absolute Gasteiger partial charge is 0.480 e. The highest BCUT2D eigenvalue weighted by Gasteiger charge is 2.38. The summed E-state index contributed by atoms with van der Waals surface area (Å²) in [6.07, 6.45) is 5.58. The van der Waals surface area contributed by atoms with Crippen molar-refractivity contribution in [3.05, 3.63) is 0 Å². The van der Waals surface area contributed by atoms with Gasteiger partial charge in [-0.3, -0.25) is 33.8 Å². The van der Waals surface area contributed by atoms with Gasteiger partial charge in [-0.1, -0.05) is 0 Å². The molecule has 2 rings (SSSR count). The number of hydrogen-bond acceptors (Lipinski definition) is 10. The maximum atomic E-state index is 12.3. The molecule has 2 saturated heterocycles. The van der Waals surface area contributed by atoms with E-state index >= 15 is 0 Å². The Morgan fingerprint density at radius 2 is 1.44 bits per heavy atom. The number of thioether (sulfide) groups is 2. The van der Waals surface area contributed by atoms with E-state index in [9.17, 15) is 24.0 Å². The van der Waals surface area contributed by atoms with Crippen LogP contribution in [-0.2, 0) is 24.0 Å². The predicted molar refractivity (Wildman–Crippen MR) is 156 cm³/mol. The van der Waals surface area contributed by atoms with Crippen molar-refractivity contribution in [2.75, 3.05) is 32.1 Å². The monoisotopic (exact) mass is 585 g/mol. The van der Waals surface area contributed by atoms with Gasteiger partial charge in [-0.15, -0.1) is 23.5 Å². The molecule has 0 bridgehead atoms. The average molecular weight is 586 g/mol. The Balaban J connectivity index is 0.000000434. The SMILES string of the molecule is CC(=N)CCCSC1CC(=O)N(C)C1=O.CN[C@@H](CCCCN1C(=O)CC(SCCCC(C)=N)C1=O)C(=O)O. The second-order valence-electron chi connectivity index (χ2n) is 9.74. The van der Waals surface area contributed by atoms with Gasteiger partial charge in [-0.05, 0) is 77.3 Å². The number of likely N-dealkylation sites (tertiary alicyclic amines) is 2. The maximum Gasteiger partial charge on any atom is 0.320 e. The Hall–Kier alpha value is -2.25. The van der Waals surface area contributed by atoms with Crippen LogP contribution >= 0.6 is 23.5 Å². The van der Waals surface area contributed by atoms with Gasteiger partial charge in [0, 0.05) is 37.9 Å². The Bertz CT molecular complexity index is 915. The number of imide groups is 2. The molecule has 2 unspecified atom stereocenters. The highest BCUT2D eigenvalue weighted by atomic mass is 32.2. The molecule has 2 heterocycles. The van der Waals surface area contributed by atoms with Crippen LogP contribution in [0.1, 0.15) is 71.6 Å². The molecule has 2 aliphatic heterocycles. The average Bonchev–Trinajstić information content (AvgIpc) is 3.28. The number of nitrogens with one attached hydrogen (secondary N) is 3. The fourth-order valence-corrected chi connectivity index (χ4v) is 6.29. The summed E-state index contributed by atoms with van der Waals surface area (Å²) in [6, 6.07) is -0.587. The minimum atomic E-state index is -0.887. The number of aliphatic carboxylic acids is 1. The van der Waals surface area contributed by atoms with Gasteiger partial charge in [0.15, 0.2) is 0 Å². The highest BCUT2D eigenvalue weighted by molar-refractivity contribution is 8.00. The van der Waals surface area contributed by atoms with Crippen LogP contribution in [0.3, 0.4) is 0 Å². The van der Waals surface area contributed by atoms with Gasteiger partial charge >= 0.3 is 5.97 Å². The molecule has 220 valence electrons. The number of unbranched alkanes of at least 4 members (excludes halogenated alkanes) is 1. The van der Waals surface area contributed by atoms with E-state index in [1.54, 1.807) is 20.9 Å². The van der Waals surface area contributed by atoms with Crippen molar-refractivity contribution in [3.8, 4) is 0 Å². The van der Waals surface area contributed by atoms with Gasteiger partial charge in [0.1, 0.15) is 6.04 Å². The summed E-state index contributed by atoms with van der Waals surface area (Å²) < 4.78 is 0. The van der Waals surface area contributed by atoms with Gasteiger partial charge in [0.05, 0.1) is 10.5 Å². The van der Waals surface area contributed by atoms with Crippen molar-refractivity contribution in [3.63, 3.8) is 0 Å². The number of hydrogen-bond donors (Lipinski definition) is 4. The van der Waals surface area contributed by atoms with E-state index in [-0.39, 0.29) is 40.5 Å². The predicted octanol–water partition coefficient (Wildman–Crippen LogP) is 2.81. The van der Waals surface area contributed by atoms with Crippen LogP contribution in [0.5, 0.6) is 0 Å². The number of amides is 4. The van der Waals surface area contributed by atoms with E-state index in [1.807, 2.05) is 0 Å². The molecule has 3 atom stereocenters. The summed E-state index contributed by atoms with van der Waals surface area (Å²) in [5.74, 6) is 0.313. The van der Waals surface area contributed by atoms with Crippen molar-refractivity contribution in [1.29, 1.82) is 10.8 Å². The van der Waals surface area contributed by atoms with Crippen molar-refractivity contribution < 1.29 is 29.1 Å². The molecule has 0 saturated carbocycles. The summed E-state index contributed by atoms with van der Waals surface area (Å²) in [5.41, 5.74) is 1.30. The third-order valence-electron chi connectivity index (χ3n) is 6.34. The van der Waals surface area contributed by atoms with Crippen LogP contribution in [0.25, 0.3) is 0 Å². The first-order valence-corrected chi connectivity index (χ1v) is 15.3. The molecule has 0 spiro atoms. The van der Waals surface area contributed by atoms with Gasteiger partial charge in [-0.2, -0.15) is 0 Å². The summed E-state index contributed by atoms with van der Waals surface area (Å²) >= 11 is 3.03. The second-order valence-corrected chi connectivity index (χ2v) is 12.4. The number of carboxylic acids is 1. The van der Waals surface area contributed by atoms with Crippen molar-refractivity contribution in [2.45, 2.75) is 88.2 Å². The van der Waals surface area contributed by atoms with Crippen LogP contribution in [0.15, 0.2) is 0 Å². The third-order valence-corrected chi connectivity index (χ3v) is 8.93. The minimum Gasteiger partial charge on any atom is -0.480 e. The van der Waals surface area contributed by atoms with Gasteiger partial charge in [0.2, 0.25) is 23.6 Å². The molecule has 0 aliphatic carbocycles. The first-order valence-electron chi connectivity index (χ1n) is 13.2. The van der Waals surface area contributed by atoms with E-state index < -0.39 is 12.0 Å². The molecule has 0 aromatic rings. The lowest BCUT2D eigenvalue weighted by molar-refractivity contribution is -0.140. The third kappa shape index (κ3) is 12.6. The number of nitrogens with zero attached hydrogens (tertiary/aromatic N) is 2. The Morgan fingerprint density at radius 1 is 0.923 bits per heavy atom. The Morgan fingerprint density at radius 3 is 1.87 bits per heavy atom. The molecule has 4 amide bonds. The van der Waals surface area contributed by atoms with Crippen LogP contribution in [0.2, 0.25) is 0 Å². The standard InChI is InChI=1S/C16H27N3O4S.C10H16N2O2S/c1-11(17)6-5-9-24-13-10-14(20)19(15(13)21)8-4-3-7-12(18-2)16(22)23;1-7(11)4-3-5-15-8-6-9(13)12(2)10(8)14/h12-13,17-18H,3-10H2,1-2H3,(H,22,23);8,11H,3-6H2,1-2H3/t12-,13?;/m0./s1. The zero-order valence-electron chi connectivity index (χ0n) is 23.4. The fraction of sp³-hybridized carbons (Fsp3) is 0.731. The molecule has 39 heavy (non-hydrogen) atoms. The lowest BCUT2D eigenvalue weighted by Crippen LogP contribution is -2.34. The fourth-order valence-electron chi connectivity index (χ4n) is 4.01. The Labute approximate surface area is 239 Å². The van der Waals surface area contributed by atoms with Crippen LogP contribution in [0, 0.1) is 10.8 Å². The number of carbonyl (C=O) groups is 5. The lowest BCUT2D eigenvalue weighted by atomic mass is 10.1. The molecule has 0 radical (unpaired) electrons. The number of carboxylic acid groups (broad SMARTS) is 1. The van der Waals surface area contributed by atoms with Gasteiger partial charge in [-0.25, -0.2) is 0 Å². The molecular weight excluding hydrogens is 542 g/mol. The molecule has 0 aromatic carbocycles. The summed E-state index contributed by atoms with van der Waals surface area (Å²) in [4.78, 5) is 60.4. The quantitative estimate of drug-likeness (QED) is 0.114. The first-order chi connectivity index (χ1) is 18.4. The molecule has 0 aromatic heterocycles. The smallest absolute Gasteiger partial charge is 0.320 e. The molecule has 2 aliphatic rings. The highest BCUT2D eigenvalue weighted by Crippen LogP contribution is 2.27. The van der Waals surface area contributed by atoms with Gasteiger partial charge in [0.25, 0.3) is 0 Å². The minimum absolute atomic E-state index is 0.0726. The van der Waals surface area contributed by atoms with E-state index in [0.29, 0.717) is 43.7 Å². The number of likely N-dealkylation sites (N-methyl/N-ethyl adjacent to an activating group) is 1. The summed E-state index contributed by atoms with van der Waals surface area (Å²) in [6.45, 7) is 3.91. The van der Waals surface area contributed by atoms with Crippen molar-refractivity contribution in [1.82, 2.24) is 15.1 Å². The molecule has 11 nitrogen and oxygen atoms in total. The van der Waals surface area contributed by atoms with E-state index in [2.05, 4.69) is 5.32 Å². The maximum absolute atomic E-state index is 12.3. The molecular formula is C26H43N5O6S2. The van der Waals surface area contributed by atoms with Crippen LogP contribution in [0.4, 0.5) is 0 Å². The van der Waals surface area contributed by atoms with Crippen molar-refractivity contribution in [2.24, 2.45) is 0 Å². The number of carbonyl (C=O) groups excluding carboxylic acids is 4. The zero-order valence-corrected chi connectivity index (χ0v) is 25.0. The van der Waals surface area contributed by atoms with E-state index in [4.69, 9.17) is 15.9 Å². The van der Waals surface area contributed by atoms with E-state index in [1.165, 1.54) is 40.4 Å². The van der Waals surface area contributed by atoms with Crippen LogP contribution in [-0.4, -0.2) is 105 Å². The van der Waals surface area contributed by atoms with Gasteiger partial charge < -0.3 is 21.2 Å². The van der Waals surface area contributed by atoms with Crippen molar-refractivity contribution >= 4 is 64.5 Å². The van der Waals surface area contributed by atoms with E-state index in [0.717, 1.165) is 37.2 Å². The zero-order chi connectivity index (χ0) is 29.5. The molecule has 13 heteroatoms. The second kappa shape index (κ2) is 18.2.